The molecule has 0 bridgehead atoms. The minimum Gasteiger partial charge on any atom is -0.456 e. The molecule has 1 rings (SSSR count). The molecule has 0 fully saturated rings. The summed E-state index contributed by atoms with van der Waals surface area (Å²) in [5, 5.41) is 32.1. The van der Waals surface area contributed by atoms with Crippen LogP contribution in [-0.4, -0.2) is 64.7 Å². The van der Waals surface area contributed by atoms with Gasteiger partial charge in [0.15, 0.2) is 5.78 Å². The lowest BCUT2D eigenvalue weighted by molar-refractivity contribution is -0.158. The van der Waals surface area contributed by atoms with Gasteiger partial charge in [-0.15, -0.1) is 0 Å². The van der Waals surface area contributed by atoms with Crippen LogP contribution in [0.15, 0.2) is 59.3 Å². The maximum Gasteiger partial charge on any atom is 0.334 e. The summed E-state index contributed by atoms with van der Waals surface area (Å²) in [4.78, 5) is 26.2. The zero-order chi connectivity index (χ0) is 31.4. The number of hydrogen-bond acceptors (Lipinski definition) is 7. The predicted molar refractivity (Wildman–Crippen MR) is 164 cm³/mol. The molecule has 0 aliphatic carbocycles. The van der Waals surface area contributed by atoms with Crippen LogP contribution in [0.25, 0.3) is 0 Å². The first-order chi connectivity index (χ1) is 19.1. The molecular weight excluding hydrogens is 520 g/mol. The Morgan fingerprint density at radius 3 is 2.39 bits per heavy atom. The number of aliphatic hydroxyl groups excluding tert-OH is 3. The first-order valence-corrected chi connectivity index (χ1v) is 14.8. The Labute approximate surface area is 247 Å². The quantitative estimate of drug-likeness (QED) is 0.246. The number of esters is 1. The standard InChI is InChI=1S/C34H54O7/c1-11-28(35)22(4)15-16-29(36)26(8)32(38)27(9)33-30(40-10)14-12-13-20(2)17-23(5)31(37)24(6)18-21(3)19-25(7)34(39)41-33/h12-16,18-19,22-24,26-28,30-33,35,37-38H,11,17H2,1-10H3/b14-12+,16-15+,20-13+,21-18-,25-19+. The van der Waals surface area contributed by atoms with Crippen molar-refractivity contribution in [1.29, 1.82) is 0 Å². The molecule has 7 nitrogen and oxygen atoms in total. The lowest BCUT2D eigenvalue weighted by Crippen LogP contribution is -2.45. The van der Waals surface area contributed by atoms with Crippen molar-refractivity contribution in [2.45, 2.75) is 106 Å². The van der Waals surface area contributed by atoms with Crippen molar-refractivity contribution in [1.82, 2.24) is 0 Å². The van der Waals surface area contributed by atoms with Gasteiger partial charge in [0.25, 0.3) is 0 Å². The van der Waals surface area contributed by atoms with E-state index < -0.39 is 48.3 Å². The highest BCUT2D eigenvalue weighted by Gasteiger charge is 2.37. The fourth-order valence-electron chi connectivity index (χ4n) is 5.23. The van der Waals surface area contributed by atoms with Crippen LogP contribution in [0.3, 0.4) is 0 Å². The number of ether oxygens (including phenoxy) is 2. The summed E-state index contributed by atoms with van der Waals surface area (Å²) < 4.78 is 11.7. The topological polar surface area (TPSA) is 113 Å². The Morgan fingerprint density at radius 2 is 1.80 bits per heavy atom. The summed E-state index contributed by atoms with van der Waals surface area (Å²) >= 11 is 0. The lowest BCUT2D eigenvalue weighted by Gasteiger charge is -2.33. The van der Waals surface area contributed by atoms with Gasteiger partial charge in [-0.3, -0.25) is 4.79 Å². The number of carbonyl (C=O) groups is 2. The normalized spacial score (nSPS) is 33.6. The van der Waals surface area contributed by atoms with Crippen molar-refractivity contribution < 1.29 is 34.4 Å². The van der Waals surface area contributed by atoms with Crippen molar-refractivity contribution in [3.05, 3.63) is 59.3 Å². The second-order valence-corrected chi connectivity index (χ2v) is 12.0. The molecule has 232 valence electrons. The third-order valence-corrected chi connectivity index (χ3v) is 8.19. The van der Waals surface area contributed by atoms with Gasteiger partial charge in [0, 0.05) is 36.4 Å². The first kappa shape index (κ1) is 36.7. The van der Waals surface area contributed by atoms with Gasteiger partial charge in [-0.25, -0.2) is 4.79 Å². The number of carbonyl (C=O) groups excluding carboxylic acids is 2. The number of rotatable bonds is 9. The molecule has 0 amide bonds. The van der Waals surface area contributed by atoms with Crippen LogP contribution in [0, 0.1) is 29.6 Å². The van der Waals surface area contributed by atoms with E-state index in [-0.39, 0.29) is 23.5 Å². The Bertz CT molecular complexity index is 1000. The van der Waals surface area contributed by atoms with Crippen LogP contribution in [0.1, 0.15) is 75.2 Å². The first-order valence-electron chi connectivity index (χ1n) is 14.8. The Kier molecular flexibility index (Phi) is 15.8. The van der Waals surface area contributed by atoms with Crippen LogP contribution in [0.2, 0.25) is 0 Å². The van der Waals surface area contributed by atoms with Gasteiger partial charge in [-0.1, -0.05) is 83.1 Å². The minimum atomic E-state index is -1.13. The maximum atomic E-state index is 13.2. The van der Waals surface area contributed by atoms with Gasteiger partial charge in [-0.2, -0.15) is 0 Å². The van der Waals surface area contributed by atoms with Crippen molar-refractivity contribution in [2.24, 2.45) is 29.6 Å². The number of hydrogen-bond donors (Lipinski definition) is 3. The lowest BCUT2D eigenvalue weighted by atomic mass is 9.84. The predicted octanol–water partition coefficient (Wildman–Crippen LogP) is 5.51. The van der Waals surface area contributed by atoms with E-state index in [2.05, 4.69) is 0 Å². The molecule has 1 aliphatic rings. The van der Waals surface area contributed by atoms with E-state index in [9.17, 15) is 24.9 Å². The summed E-state index contributed by atoms with van der Waals surface area (Å²) in [6.45, 7) is 16.6. The molecule has 41 heavy (non-hydrogen) atoms. The van der Waals surface area contributed by atoms with Crippen molar-refractivity contribution in [2.75, 3.05) is 7.11 Å². The van der Waals surface area contributed by atoms with Gasteiger partial charge in [0.05, 0.1) is 18.3 Å². The second-order valence-electron chi connectivity index (χ2n) is 12.0. The number of allylic oxidation sites excluding steroid dienone is 6. The highest BCUT2D eigenvalue weighted by Crippen LogP contribution is 2.27. The van der Waals surface area contributed by atoms with Crippen LogP contribution >= 0.6 is 0 Å². The number of aliphatic hydroxyl groups is 3. The summed E-state index contributed by atoms with van der Waals surface area (Å²) in [5.74, 6) is -2.52. The molecule has 0 aromatic carbocycles. The Hall–Kier alpha value is -2.32. The van der Waals surface area contributed by atoms with E-state index in [4.69, 9.17) is 9.47 Å². The Morgan fingerprint density at radius 1 is 1.17 bits per heavy atom. The number of methoxy groups -OCH3 is 1. The third-order valence-electron chi connectivity index (χ3n) is 8.19. The highest BCUT2D eigenvalue weighted by atomic mass is 16.6. The van der Waals surface area contributed by atoms with Crippen LogP contribution < -0.4 is 0 Å². The second kappa shape index (κ2) is 17.6. The van der Waals surface area contributed by atoms with Gasteiger partial charge < -0.3 is 24.8 Å². The van der Waals surface area contributed by atoms with E-state index >= 15 is 0 Å². The molecule has 0 radical (unpaired) electrons. The Balaban J connectivity index is 3.41. The summed E-state index contributed by atoms with van der Waals surface area (Å²) in [6, 6.07) is 0. The molecule has 0 aromatic rings. The highest BCUT2D eigenvalue weighted by molar-refractivity contribution is 5.92. The number of cyclic esters (lactones) is 1. The molecule has 3 N–H and O–H groups in total. The average Bonchev–Trinajstić information content (AvgIpc) is 2.93. The van der Waals surface area contributed by atoms with Gasteiger partial charge in [0.2, 0.25) is 0 Å². The van der Waals surface area contributed by atoms with E-state index in [1.807, 2.05) is 59.8 Å². The third kappa shape index (κ3) is 11.5. The van der Waals surface area contributed by atoms with E-state index in [0.29, 0.717) is 18.4 Å². The minimum absolute atomic E-state index is 0.0316. The molecule has 0 saturated carbocycles. The van der Waals surface area contributed by atoms with Gasteiger partial charge in [0.1, 0.15) is 12.2 Å². The molecule has 0 spiro atoms. The maximum absolute atomic E-state index is 13.2. The average molecular weight is 575 g/mol. The fourth-order valence-corrected chi connectivity index (χ4v) is 5.23. The monoisotopic (exact) mass is 574 g/mol. The molecule has 7 heteroatoms. The fraction of sp³-hybridized carbons (Fsp3) is 0.647. The van der Waals surface area contributed by atoms with Gasteiger partial charge in [-0.05, 0) is 51.7 Å². The SMILES string of the molecule is CCC(O)C(C)/C=C/C(=O)C(C)C(O)C(C)C1OC(=O)/C(C)=C/C(C)=C\C(C)C(O)C(C)C/C(C)=C/C=C/C1OC. The summed E-state index contributed by atoms with van der Waals surface area (Å²) in [6.07, 6.45) is 9.82. The van der Waals surface area contributed by atoms with Crippen LogP contribution in [-0.2, 0) is 19.1 Å². The largest absolute Gasteiger partial charge is 0.456 e. The molecule has 10 unspecified atom stereocenters. The molecule has 1 heterocycles. The zero-order valence-electron chi connectivity index (χ0n) is 26.7. The summed E-state index contributed by atoms with van der Waals surface area (Å²) in [5.41, 5.74) is 2.28. The molecule has 0 aromatic heterocycles. The molecule has 10 atom stereocenters. The van der Waals surface area contributed by atoms with Crippen molar-refractivity contribution >= 4 is 11.8 Å². The van der Waals surface area contributed by atoms with E-state index in [1.54, 1.807) is 39.0 Å². The van der Waals surface area contributed by atoms with Crippen molar-refractivity contribution in [3.63, 3.8) is 0 Å². The van der Waals surface area contributed by atoms with E-state index in [1.165, 1.54) is 13.2 Å². The van der Waals surface area contributed by atoms with E-state index in [0.717, 1.165) is 11.1 Å². The molecular formula is C34H54O7. The molecule has 1 aliphatic heterocycles. The zero-order valence-corrected chi connectivity index (χ0v) is 26.7. The molecule has 0 saturated heterocycles. The van der Waals surface area contributed by atoms with Crippen molar-refractivity contribution in [3.8, 4) is 0 Å². The van der Waals surface area contributed by atoms with Gasteiger partial charge >= 0.3 is 5.97 Å². The summed E-state index contributed by atoms with van der Waals surface area (Å²) in [7, 11) is 1.51. The van der Waals surface area contributed by atoms with Crippen LogP contribution in [0.5, 0.6) is 0 Å². The number of ketones is 1. The van der Waals surface area contributed by atoms with Crippen LogP contribution in [0.4, 0.5) is 0 Å². The smallest absolute Gasteiger partial charge is 0.334 e.